The summed E-state index contributed by atoms with van der Waals surface area (Å²) in [6.07, 6.45) is 0. The number of nitro groups is 1. The van der Waals surface area contributed by atoms with Crippen LogP contribution in [-0.4, -0.2) is 20.3 Å². The zero-order valence-corrected chi connectivity index (χ0v) is 13.5. The van der Waals surface area contributed by atoms with Crippen molar-refractivity contribution in [2.75, 3.05) is 0 Å². The van der Waals surface area contributed by atoms with Gasteiger partial charge in [-0.2, -0.15) is 4.98 Å². The second kappa shape index (κ2) is 5.84. The Labute approximate surface area is 131 Å². The zero-order chi connectivity index (χ0) is 14.9. The number of imidazole rings is 1. The lowest BCUT2D eigenvalue weighted by Gasteiger charge is -2.03. The predicted molar refractivity (Wildman–Crippen MR) is 79.8 cm³/mol. The van der Waals surface area contributed by atoms with Crippen LogP contribution in [-0.2, 0) is 6.54 Å². The molecule has 6 nitrogen and oxygen atoms in total. The molecule has 1 aromatic heterocycles. The summed E-state index contributed by atoms with van der Waals surface area (Å²) in [6, 6.07) is 6.83. The van der Waals surface area contributed by atoms with E-state index in [1.54, 1.807) is 31.2 Å². The van der Waals surface area contributed by atoms with Crippen molar-refractivity contribution in [3.63, 3.8) is 0 Å². The molecule has 0 saturated carbocycles. The Morgan fingerprint density at radius 1 is 1.35 bits per heavy atom. The van der Waals surface area contributed by atoms with Gasteiger partial charge in [0.25, 0.3) is 0 Å². The van der Waals surface area contributed by atoms with Crippen LogP contribution in [0.4, 0.5) is 5.82 Å². The molecule has 0 unspecified atom stereocenters. The number of carbonyl (C=O) groups is 1. The molecule has 0 aliphatic carbocycles. The lowest BCUT2D eigenvalue weighted by molar-refractivity contribution is -0.392. The molecule has 104 valence electrons. The molecule has 1 aromatic carbocycles. The van der Waals surface area contributed by atoms with Gasteiger partial charge in [-0.05, 0) is 33.0 Å². The fourth-order valence-corrected chi connectivity index (χ4v) is 2.63. The number of halogens is 2. The van der Waals surface area contributed by atoms with Gasteiger partial charge in [-0.15, -0.1) is 0 Å². The van der Waals surface area contributed by atoms with Crippen molar-refractivity contribution in [1.29, 1.82) is 0 Å². The number of benzene rings is 1. The Balaban J connectivity index is 2.33. The van der Waals surface area contributed by atoms with E-state index in [9.17, 15) is 14.9 Å². The maximum absolute atomic E-state index is 12.2. The number of aromatic nitrogens is 2. The molecule has 0 N–H and O–H groups in total. The molecule has 0 aliphatic heterocycles. The molecular formula is C12H9Br2N3O3. The third kappa shape index (κ3) is 2.96. The normalized spacial score (nSPS) is 10.6. The van der Waals surface area contributed by atoms with Crippen molar-refractivity contribution in [1.82, 2.24) is 9.55 Å². The van der Waals surface area contributed by atoms with Gasteiger partial charge in [-0.1, -0.05) is 28.1 Å². The summed E-state index contributed by atoms with van der Waals surface area (Å²) >= 11 is 6.32. The monoisotopic (exact) mass is 401 g/mol. The number of hydrogen-bond acceptors (Lipinski definition) is 4. The van der Waals surface area contributed by atoms with Gasteiger partial charge in [-0.3, -0.25) is 4.79 Å². The van der Waals surface area contributed by atoms with Crippen molar-refractivity contribution >= 4 is 43.5 Å². The van der Waals surface area contributed by atoms with Crippen LogP contribution < -0.4 is 0 Å². The first-order valence-corrected chi connectivity index (χ1v) is 7.14. The minimum atomic E-state index is -0.557. The van der Waals surface area contributed by atoms with Crippen LogP contribution in [0.25, 0.3) is 0 Å². The summed E-state index contributed by atoms with van der Waals surface area (Å²) in [4.78, 5) is 26.6. The quantitative estimate of drug-likeness (QED) is 0.445. The fourth-order valence-electron chi connectivity index (χ4n) is 1.75. The molecule has 0 amide bonds. The van der Waals surface area contributed by atoms with Crippen LogP contribution in [0.15, 0.2) is 33.3 Å². The largest absolute Gasteiger partial charge is 0.358 e. The highest BCUT2D eigenvalue weighted by Gasteiger charge is 2.25. The molecule has 1 heterocycles. The lowest BCUT2D eigenvalue weighted by Crippen LogP contribution is -2.13. The van der Waals surface area contributed by atoms with Crippen molar-refractivity contribution < 1.29 is 9.72 Å². The molecule has 0 bridgehead atoms. The van der Waals surface area contributed by atoms with Gasteiger partial charge >= 0.3 is 5.82 Å². The van der Waals surface area contributed by atoms with Crippen molar-refractivity contribution in [2.45, 2.75) is 13.5 Å². The number of hydrogen-bond donors (Lipinski definition) is 0. The van der Waals surface area contributed by atoms with Gasteiger partial charge in [0.2, 0.25) is 10.4 Å². The highest BCUT2D eigenvalue weighted by atomic mass is 79.9. The molecule has 0 saturated heterocycles. The number of Topliss-reactive ketones (excluding diaryl/α,β-unsaturated/α-hetero) is 1. The van der Waals surface area contributed by atoms with E-state index >= 15 is 0 Å². The lowest BCUT2D eigenvalue weighted by atomic mass is 10.1. The SMILES string of the molecule is Cc1nc(Br)c([N+](=O)[O-])n1CC(=O)c1ccc(Br)cc1. The third-order valence-electron chi connectivity index (χ3n) is 2.73. The average Bonchev–Trinajstić information content (AvgIpc) is 2.64. The van der Waals surface area contributed by atoms with E-state index in [0.717, 1.165) is 4.47 Å². The van der Waals surface area contributed by atoms with Gasteiger partial charge in [0, 0.05) is 17.0 Å². The fraction of sp³-hybridized carbons (Fsp3) is 0.167. The van der Waals surface area contributed by atoms with Gasteiger partial charge in [0.1, 0.15) is 0 Å². The van der Waals surface area contributed by atoms with Crippen LogP contribution >= 0.6 is 31.9 Å². The maximum atomic E-state index is 12.2. The topological polar surface area (TPSA) is 78.0 Å². The molecular weight excluding hydrogens is 394 g/mol. The van der Waals surface area contributed by atoms with E-state index in [1.165, 1.54) is 4.57 Å². The molecule has 0 spiro atoms. The standard InChI is InChI=1S/C12H9Br2N3O3/c1-7-15-11(14)12(17(19)20)16(7)6-10(18)8-2-4-9(13)5-3-8/h2-5H,6H2,1H3. The van der Waals surface area contributed by atoms with E-state index in [0.29, 0.717) is 11.4 Å². The van der Waals surface area contributed by atoms with Crippen molar-refractivity contribution in [3.8, 4) is 0 Å². The summed E-state index contributed by atoms with van der Waals surface area (Å²) in [5.74, 6) is -0.0180. The van der Waals surface area contributed by atoms with Gasteiger partial charge in [-0.25, -0.2) is 4.57 Å². The highest BCUT2D eigenvalue weighted by Crippen LogP contribution is 2.26. The first-order valence-electron chi connectivity index (χ1n) is 5.56. The summed E-state index contributed by atoms with van der Waals surface area (Å²) < 4.78 is 2.28. The summed E-state index contributed by atoms with van der Waals surface area (Å²) in [5, 5.41) is 11.0. The Morgan fingerprint density at radius 3 is 2.50 bits per heavy atom. The molecule has 0 radical (unpaired) electrons. The predicted octanol–water partition coefficient (Wildman–Crippen LogP) is 3.51. The van der Waals surface area contributed by atoms with Crippen LogP contribution in [0.5, 0.6) is 0 Å². The molecule has 0 fully saturated rings. The van der Waals surface area contributed by atoms with E-state index in [2.05, 4.69) is 36.8 Å². The van der Waals surface area contributed by atoms with Gasteiger partial charge < -0.3 is 10.1 Å². The Kier molecular flexibility index (Phi) is 4.34. The first kappa shape index (κ1) is 14.9. The zero-order valence-electron chi connectivity index (χ0n) is 10.3. The number of carbonyl (C=O) groups excluding carboxylic acids is 1. The van der Waals surface area contributed by atoms with Crippen LogP contribution in [0.1, 0.15) is 16.2 Å². The van der Waals surface area contributed by atoms with E-state index in [4.69, 9.17) is 0 Å². The van der Waals surface area contributed by atoms with E-state index in [1.807, 2.05) is 0 Å². The Hall–Kier alpha value is -1.54. The van der Waals surface area contributed by atoms with Crippen LogP contribution in [0, 0.1) is 17.0 Å². The minimum absolute atomic E-state index is 0.123. The smallest absolute Gasteiger partial charge is 0.357 e. The molecule has 2 aromatic rings. The number of nitrogens with zero attached hydrogens (tertiary/aromatic N) is 3. The minimum Gasteiger partial charge on any atom is -0.358 e. The summed E-state index contributed by atoms with van der Waals surface area (Å²) in [7, 11) is 0. The molecule has 0 atom stereocenters. The number of ketones is 1. The number of aryl methyl sites for hydroxylation is 1. The number of rotatable bonds is 4. The highest BCUT2D eigenvalue weighted by molar-refractivity contribution is 9.10. The van der Waals surface area contributed by atoms with Crippen LogP contribution in [0.2, 0.25) is 0 Å². The van der Waals surface area contributed by atoms with E-state index < -0.39 is 4.92 Å². The maximum Gasteiger partial charge on any atom is 0.357 e. The van der Waals surface area contributed by atoms with Crippen molar-refractivity contribution in [3.05, 3.63) is 54.8 Å². The first-order chi connectivity index (χ1) is 9.40. The third-order valence-corrected chi connectivity index (χ3v) is 3.79. The summed E-state index contributed by atoms with van der Waals surface area (Å²) in [5.41, 5.74) is 0.492. The van der Waals surface area contributed by atoms with Gasteiger partial charge in [0.15, 0.2) is 12.4 Å². The van der Waals surface area contributed by atoms with Gasteiger partial charge in [0.05, 0.1) is 0 Å². The molecule has 2 rings (SSSR count). The second-order valence-corrected chi connectivity index (χ2v) is 5.71. The molecule has 0 aliphatic rings. The molecule has 20 heavy (non-hydrogen) atoms. The molecule has 8 heteroatoms. The summed E-state index contributed by atoms with van der Waals surface area (Å²) in [6.45, 7) is 1.50. The van der Waals surface area contributed by atoms with E-state index in [-0.39, 0.29) is 22.7 Å². The van der Waals surface area contributed by atoms with Crippen molar-refractivity contribution in [2.24, 2.45) is 0 Å². The Morgan fingerprint density at radius 2 is 1.95 bits per heavy atom. The second-order valence-electron chi connectivity index (χ2n) is 4.05. The van der Waals surface area contributed by atoms with Crippen LogP contribution in [0.3, 0.4) is 0 Å². The average molecular weight is 403 g/mol. The Bertz CT molecular complexity index is 680.